The monoisotopic (exact) mass is 312 g/mol. The Labute approximate surface area is 135 Å². The van der Waals surface area contributed by atoms with Gasteiger partial charge in [-0.05, 0) is 31.0 Å². The smallest absolute Gasteiger partial charge is 0.271 e. The average molecular weight is 312 g/mol. The summed E-state index contributed by atoms with van der Waals surface area (Å²) in [4.78, 5) is 13.8. The number of nitrogens with zero attached hydrogens (tertiary/aromatic N) is 3. The average Bonchev–Trinajstić information content (AvgIpc) is 3.10. The van der Waals surface area contributed by atoms with Gasteiger partial charge in [0.1, 0.15) is 5.75 Å². The zero-order valence-electron chi connectivity index (χ0n) is 13.3. The Balaban J connectivity index is 1.88. The zero-order chi connectivity index (χ0) is 16.2. The molecular formula is C17H20N4O2. The summed E-state index contributed by atoms with van der Waals surface area (Å²) in [5.41, 5.74) is 1.48. The Hall–Kier alpha value is -2.63. The fraction of sp³-hybridized carbons (Fsp3) is 0.353. The summed E-state index contributed by atoms with van der Waals surface area (Å²) < 4.78 is 5.49. The highest BCUT2D eigenvalue weighted by Crippen LogP contribution is 2.38. The van der Waals surface area contributed by atoms with E-state index in [1.165, 1.54) is 0 Å². The molecule has 2 heterocycles. The van der Waals surface area contributed by atoms with E-state index in [2.05, 4.69) is 26.5 Å². The number of hydrogen-bond acceptors (Lipinski definition) is 5. The maximum Gasteiger partial charge on any atom is 0.271 e. The summed E-state index contributed by atoms with van der Waals surface area (Å²) in [5, 5.41) is 10.8. The molecule has 1 N–H and O–H groups in total. The van der Waals surface area contributed by atoms with Crippen LogP contribution in [0.2, 0.25) is 0 Å². The predicted molar refractivity (Wildman–Crippen MR) is 87.7 cm³/mol. The number of benzene rings is 1. The van der Waals surface area contributed by atoms with Crippen LogP contribution >= 0.6 is 0 Å². The van der Waals surface area contributed by atoms with Gasteiger partial charge in [-0.25, -0.2) is 0 Å². The van der Waals surface area contributed by atoms with Crippen LogP contribution < -0.4 is 15.0 Å². The van der Waals surface area contributed by atoms with E-state index in [1.807, 2.05) is 24.3 Å². The summed E-state index contributed by atoms with van der Waals surface area (Å²) in [6.45, 7) is 0.913. The lowest BCUT2D eigenvalue weighted by atomic mass is 10.0. The van der Waals surface area contributed by atoms with Crippen LogP contribution in [0.3, 0.4) is 0 Å². The third kappa shape index (κ3) is 2.97. The molecule has 120 valence electrons. The van der Waals surface area contributed by atoms with Crippen molar-refractivity contribution >= 4 is 11.7 Å². The molecule has 0 radical (unpaired) electrons. The van der Waals surface area contributed by atoms with E-state index < -0.39 is 0 Å². The third-order valence-corrected chi connectivity index (χ3v) is 4.16. The molecule has 1 amide bonds. The number of carbonyl (C=O) groups is 1. The number of para-hydroxylation sites is 1. The Morgan fingerprint density at radius 2 is 2.09 bits per heavy atom. The van der Waals surface area contributed by atoms with E-state index in [0.717, 1.165) is 36.5 Å². The number of carbonyl (C=O) groups excluding carboxylic acids is 1. The molecule has 3 rings (SSSR count). The molecular weight excluding hydrogens is 292 g/mol. The molecule has 1 aromatic heterocycles. The number of amides is 1. The number of aromatic nitrogens is 2. The Kier molecular flexibility index (Phi) is 4.41. The molecule has 1 aliphatic rings. The minimum absolute atomic E-state index is 0.214. The van der Waals surface area contributed by atoms with Gasteiger partial charge < -0.3 is 15.0 Å². The summed E-state index contributed by atoms with van der Waals surface area (Å²) >= 11 is 0. The number of nitrogens with one attached hydrogen (secondary N) is 1. The van der Waals surface area contributed by atoms with E-state index in [1.54, 1.807) is 20.2 Å². The highest BCUT2D eigenvalue weighted by molar-refractivity contribution is 5.91. The van der Waals surface area contributed by atoms with E-state index in [9.17, 15) is 4.79 Å². The summed E-state index contributed by atoms with van der Waals surface area (Å²) in [5.74, 6) is 1.44. The highest BCUT2D eigenvalue weighted by atomic mass is 16.5. The van der Waals surface area contributed by atoms with Crippen molar-refractivity contribution in [3.05, 3.63) is 47.7 Å². The first-order valence-electron chi connectivity index (χ1n) is 7.70. The number of anilines is 1. The maximum absolute atomic E-state index is 11.6. The van der Waals surface area contributed by atoms with Crippen LogP contribution in [0.25, 0.3) is 0 Å². The van der Waals surface area contributed by atoms with Crippen LogP contribution in [0.15, 0.2) is 36.4 Å². The molecule has 1 fully saturated rings. The predicted octanol–water partition coefficient (Wildman–Crippen LogP) is 2.19. The molecule has 0 saturated carbocycles. The van der Waals surface area contributed by atoms with Crippen molar-refractivity contribution in [3.63, 3.8) is 0 Å². The van der Waals surface area contributed by atoms with Gasteiger partial charge in [-0.15, -0.1) is 10.2 Å². The fourth-order valence-electron chi connectivity index (χ4n) is 3.03. The second kappa shape index (κ2) is 6.64. The van der Waals surface area contributed by atoms with Gasteiger partial charge in [0.25, 0.3) is 5.91 Å². The third-order valence-electron chi connectivity index (χ3n) is 4.16. The number of ether oxygens (including phenoxy) is 1. The second-order valence-electron chi connectivity index (χ2n) is 5.45. The van der Waals surface area contributed by atoms with Gasteiger partial charge in [-0.3, -0.25) is 4.79 Å². The zero-order valence-corrected chi connectivity index (χ0v) is 13.3. The van der Waals surface area contributed by atoms with Crippen LogP contribution in [0.5, 0.6) is 5.75 Å². The van der Waals surface area contributed by atoms with Crippen LogP contribution in [-0.2, 0) is 0 Å². The highest BCUT2D eigenvalue weighted by Gasteiger charge is 2.29. The Morgan fingerprint density at radius 3 is 2.78 bits per heavy atom. The molecule has 23 heavy (non-hydrogen) atoms. The molecule has 1 atom stereocenters. The number of rotatable bonds is 4. The van der Waals surface area contributed by atoms with Crippen molar-refractivity contribution in [3.8, 4) is 5.75 Å². The quantitative estimate of drug-likeness (QED) is 0.937. The molecule has 6 heteroatoms. The topological polar surface area (TPSA) is 67.4 Å². The van der Waals surface area contributed by atoms with Gasteiger partial charge in [0, 0.05) is 19.2 Å². The second-order valence-corrected chi connectivity index (χ2v) is 5.45. The first-order chi connectivity index (χ1) is 11.2. The minimum Gasteiger partial charge on any atom is -0.496 e. The standard InChI is InChI=1S/C17H20N4O2/c1-18-17(22)13-9-10-16(20-19-13)21-11-5-7-14(21)12-6-3-4-8-15(12)23-2/h3-4,6,8-10,14H,5,7,11H2,1-2H3,(H,18,22). The van der Waals surface area contributed by atoms with Gasteiger partial charge in [0.15, 0.2) is 11.5 Å². The number of hydrogen-bond donors (Lipinski definition) is 1. The largest absolute Gasteiger partial charge is 0.496 e. The van der Waals surface area contributed by atoms with Crippen LogP contribution in [0, 0.1) is 0 Å². The van der Waals surface area contributed by atoms with Gasteiger partial charge in [-0.1, -0.05) is 18.2 Å². The van der Waals surface area contributed by atoms with Crippen molar-refractivity contribution in [2.24, 2.45) is 0 Å². The SMILES string of the molecule is CNC(=O)c1ccc(N2CCCC2c2ccccc2OC)nn1. The van der Waals surface area contributed by atoms with Gasteiger partial charge in [-0.2, -0.15) is 0 Å². The van der Waals surface area contributed by atoms with Crippen LogP contribution in [0.1, 0.15) is 34.9 Å². The van der Waals surface area contributed by atoms with Gasteiger partial charge in [0.2, 0.25) is 0 Å². The van der Waals surface area contributed by atoms with Crippen LogP contribution in [0.4, 0.5) is 5.82 Å². The number of methoxy groups -OCH3 is 1. The molecule has 2 aromatic rings. The molecule has 0 aliphatic carbocycles. The summed E-state index contributed by atoms with van der Waals surface area (Å²) in [7, 11) is 3.27. The Bertz CT molecular complexity index is 687. The molecule has 1 unspecified atom stereocenters. The summed E-state index contributed by atoms with van der Waals surface area (Å²) in [6.07, 6.45) is 2.13. The molecule has 0 bridgehead atoms. The normalized spacial score (nSPS) is 17.1. The lowest BCUT2D eigenvalue weighted by Crippen LogP contribution is -2.25. The fourth-order valence-corrected chi connectivity index (χ4v) is 3.03. The van der Waals surface area contributed by atoms with Crippen molar-refractivity contribution in [1.82, 2.24) is 15.5 Å². The van der Waals surface area contributed by atoms with Crippen molar-refractivity contribution < 1.29 is 9.53 Å². The van der Waals surface area contributed by atoms with Crippen LogP contribution in [-0.4, -0.2) is 36.8 Å². The van der Waals surface area contributed by atoms with E-state index in [0.29, 0.717) is 5.69 Å². The van der Waals surface area contributed by atoms with E-state index >= 15 is 0 Å². The van der Waals surface area contributed by atoms with Gasteiger partial charge in [0.05, 0.1) is 13.2 Å². The van der Waals surface area contributed by atoms with Gasteiger partial charge >= 0.3 is 0 Å². The molecule has 6 nitrogen and oxygen atoms in total. The van der Waals surface area contributed by atoms with E-state index in [4.69, 9.17) is 4.74 Å². The Morgan fingerprint density at radius 1 is 1.26 bits per heavy atom. The lowest BCUT2D eigenvalue weighted by Gasteiger charge is -2.26. The minimum atomic E-state index is -0.230. The first-order valence-corrected chi connectivity index (χ1v) is 7.70. The molecule has 1 aromatic carbocycles. The maximum atomic E-state index is 11.6. The van der Waals surface area contributed by atoms with E-state index in [-0.39, 0.29) is 11.9 Å². The molecule has 1 aliphatic heterocycles. The summed E-state index contributed by atoms with van der Waals surface area (Å²) in [6, 6.07) is 11.8. The van der Waals surface area contributed by atoms with Crippen molar-refractivity contribution in [2.75, 3.05) is 25.6 Å². The molecule has 1 saturated heterocycles. The van der Waals surface area contributed by atoms with Crippen molar-refractivity contribution in [1.29, 1.82) is 0 Å². The van der Waals surface area contributed by atoms with Crippen molar-refractivity contribution in [2.45, 2.75) is 18.9 Å². The lowest BCUT2D eigenvalue weighted by molar-refractivity contribution is 0.0957. The molecule has 0 spiro atoms. The first kappa shape index (κ1) is 15.3.